The number of nitrogens with one attached hydrogen (secondary N) is 1. The number of hydrogen-bond donors (Lipinski definition) is 2. The highest BCUT2D eigenvalue weighted by Gasteiger charge is 2.18. The quantitative estimate of drug-likeness (QED) is 0.799. The van der Waals surface area contributed by atoms with Gasteiger partial charge in [-0.3, -0.25) is 9.59 Å². The van der Waals surface area contributed by atoms with Crippen LogP contribution in [0.4, 0.5) is 0 Å². The van der Waals surface area contributed by atoms with E-state index < -0.39 is 6.04 Å². The fourth-order valence-electron chi connectivity index (χ4n) is 1.56. The van der Waals surface area contributed by atoms with Gasteiger partial charge in [-0.15, -0.1) is 11.3 Å². The molecule has 0 aliphatic heterocycles. The average Bonchev–Trinajstić information content (AvgIpc) is 2.90. The van der Waals surface area contributed by atoms with Gasteiger partial charge in [0.05, 0.1) is 6.54 Å². The Balaban J connectivity index is 2.44. The highest BCUT2D eigenvalue weighted by atomic mass is 32.1. The van der Waals surface area contributed by atoms with Crippen molar-refractivity contribution in [2.75, 3.05) is 19.6 Å². The summed E-state index contributed by atoms with van der Waals surface area (Å²) in [6.45, 7) is 5.09. The molecule has 100 valence electrons. The SMILES string of the molecule is CCN(CC)C(=O)CNC(=O)C(N)c1cccs1. The summed E-state index contributed by atoms with van der Waals surface area (Å²) >= 11 is 1.43. The summed E-state index contributed by atoms with van der Waals surface area (Å²) in [6, 6.07) is 2.95. The van der Waals surface area contributed by atoms with Gasteiger partial charge in [0.25, 0.3) is 0 Å². The Morgan fingerprint density at radius 2 is 2.11 bits per heavy atom. The number of likely N-dealkylation sites (N-methyl/N-ethyl adjacent to an activating group) is 1. The van der Waals surface area contributed by atoms with Crippen LogP contribution in [0.25, 0.3) is 0 Å². The first-order chi connectivity index (χ1) is 8.60. The molecule has 5 nitrogen and oxygen atoms in total. The molecule has 0 spiro atoms. The molecular formula is C12H19N3O2S. The van der Waals surface area contributed by atoms with E-state index in [9.17, 15) is 9.59 Å². The summed E-state index contributed by atoms with van der Waals surface area (Å²) in [7, 11) is 0. The highest BCUT2D eigenvalue weighted by molar-refractivity contribution is 7.10. The van der Waals surface area contributed by atoms with Crippen molar-refractivity contribution in [3.8, 4) is 0 Å². The first-order valence-electron chi connectivity index (χ1n) is 5.94. The topological polar surface area (TPSA) is 75.4 Å². The van der Waals surface area contributed by atoms with E-state index in [0.717, 1.165) is 4.88 Å². The van der Waals surface area contributed by atoms with Gasteiger partial charge in [0.1, 0.15) is 6.04 Å². The Bertz CT molecular complexity index is 388. The third kappa shape index (κ3) is 3.82. The van der Waals surface area contributed by atoms with Crippen LogP contribution in [0.5, 0.6) is 0 Å². The summed E-state index contributed by atoms with van der Waals surface area (Å²) in [5, 5.41) is 4.44. The molecule has 1 aromatic rings. The first kappa shape index (κ1) is 14.7. The van der Waals surface area contributed by atoms with Crippen molar-refractivity contribution in [2.45, 2.75) is 19.9 Å². The van der Waals surface area contributed by atoms with E-state index in [4.69, 9.17) is 5.73 Å². The molecule has 3 N–H and O–H groups in total. The van der Waals surface area contributed by atoms with Crippen LogP contribution in [0.1, 0.15) is 24.8 Å². The van der Waals surface area contributed by atoms with Gasteiger partial charge in [-0.1, -0.05) is 6.07 Å². The minimum absolute atomic E-state index is 0.000408. The van der Waals surface area contributed by atoms with Crippen molar-refractivity contribution >= 4 is 23.2 Å². The second-order valence-corrected chi connectivity index (χ2v) is 4.76. The molecule has 6 heteroatoms. The number of amides is 2. The first-order valence-corrected chi connectivity index (χ1v) is 6.82. The van der Waals surface area contributed by atoms with Crippen molar-refractivity contribution in [2.24, 2.45) is 5.73 Å². The van der Waals surface area contributed by atoms with Crippen LogP contribution in [0, 0.1) is 0 Å². The third-order valence-corrected chi connectivity index (χ3v) is 3.62. The predicted molar refractivity (Wildman–Crippen MR) is 72.2 cm³/mol. The molecule has 0 saturated carbocycles. The predicted octanol–water partition coefficient (Wildman–Crippen LogP) is 0.733. The number of hydrogen-bond acceptors (Lipinski definition) is 4. The third-order valence-electron chi connectivity index (χ3n) is 2.66. The van der Waals surface area contributed by atoms with E-state index in [1.54, 1.807) is 11.0 Å². The van der Waals surface area contributed by atoms with Crippen LogP contribution in [0.2, 0.25) is 0 Å². The van der Waals surface area contributed by atoms with Gasteiger partial charge in [0.15, 0.2) is 0 Å². The van der Waals surface area contributed by atoms with Crippen molar-refractivity contribution in [1.82, 2.24) is 10.2 Å². The zero-order chi connectivity index (χ0) is 13.5. The largest absolute Gasteiger partial charge is 0.345 e. The highest BCUT2D eigenvalue weighted by Crippen LogP contribution is 2.16. The molecule has 2 amide bonds. The monoisotopic (exact) mass is 269 g/mol. The number of nitrogens with two attached hydrogens (primary N) is 1. The minimum Gasteiger partial charge on any atom is -0.345 e. The molecule has 1 atom stereocenters. The Morgan fingerprint density at radius 1 is 1.44 bits per heavy atom. The van der Waals surface area contributed by atoms with E-state index in [1.165, 1.54) is 11.3 Å². The van der Waals surface area contributed by atoms with Gasteiger partial charge in [-0.05, 0) is 25.3 Å². The maximum absolute atomic E-state index is 11.7. The zero-order valence-electron chi connectivity index (χ0n) is 10.7. The van der Waals surface area contributed by atoms with Gasteiger partial charge >= 0.3 is 0 Å². The molecule has 0 saturated heterocycles. The van der Waals surface area contributed by atoms with Crippen molar-refractivity contribution in [3.63, 3.8) is 0 Å². The number of nitrogens with zero attached hydrogens (tertiary/aromatic N) is 1. The van der Waals surface area contributed by atoms with Crippen LogP contribution < -0.4 is 11.1 Å². The van der Waals surface area contributed by atoms with Gasteiger partial charge in [0.2, 0.25) is 11.8 Å². The average molecular weight is 269 g/mol. The van der Waals surface area contributed by atoms with Crippen LogP contribution >= 0.6 is 11.3 Å². The Labute approximate surface area is 111 Å². The molecule has 0 aliphatic rings. The number of thiophene rings is 1. The second-order valence-electron chi connectivity index (χ2n) is 3.78. The van der Waals surface area contributed by atoms with Gasteiger partial charge in [-0.25, -0.2) is 0 Å². The van der Waals surface area contributed by atoms with Crippen LogP contribution in [0.3, 0.4) is 0 Å². The van der Waals surface area contributed by atoms with Crippen LogP contribution in [-0.2, 0) is 9.59 Å². The maximum atomic E-state index is 11.7. The molecule has 1 heterocycles. The van der Waals surface area contributed by atoms with Crippen molar-refractivity contribution < 1.29 is 9.59 Å². The molecule has 0 radical (unpaired) electrons. The van der Waals surface area contributed by atoms with E-state index in [0.29, 0.717) is 13.1 Å². The molecule has 1 rings (SSSR count). The smallest absolute Gasteiger partial charge is 0.242 e. The summed E-state index contributed by atoms with van der Waals surface area (Å²) in [6.07, 6.45) is 0. The van der Waals surface area contributed by atoms with Crippen molar-refractivity contribution in [3.05, 3.63) is 22.4 Å². The molecule has 0 fully saturated rings. The molecule has 0 bridgehead atoms. The molecule has 1 aromatic heterocycles. The fourth-order valence-corrected chi connectivity index (χ4v) is 2.28. The lowest BCUT2D eigenvalue weighted by molar-refractivity contribution is -0.132. The zero-order valence-corrected chi connectivity index (χ0v) is 11.5. The van der Waals surface area contributed by atoms with E-state index in [-0.39, 0.29) is 18.4 Å². The van der Waals surface area contributed by atoms with Crippen LogP contribution in [-0.4, -0.2) is 36.3 Å². The van der Waals surface area contributed by atoms with E-state index >= 15 is 0 Å². The minimum atomic E-state index is -0.700. The fraction of sp³-hybridized carbons (Fsp3) is 0.500. The molecule has 0 aliphatic carbocycles. The Kier molecular flexibility index (Phi) is 5.80. The standard InChI is InChI=1S/C12H19N3O2S/c1-3-15(4-2)10(16)8-14-12(17)11(13)9-6-5-7-18-9/h5-7,11H,3-4,8,13H2,1-2H3,(H,14,17). The van der Waals surface area contributed by atoms with E-state index in [2.05, 4.69) is 5.32 Å². The second kappa shape index (κ2) is 7.13. The summed E-state index contributed by atoms with van der Waals surface area (Å²) in [4.78, 5) is 25.9. The molecule has 18 heavy (non-hydrogen) atoms. The van der Waals surface area contributed by atoms with Crippen molar-refractivity contribution in [1.29, 1.82) is 0 Å². The van der Waals surface area contributed by atoms with Gasteiger partial charge < -0.3 is 16.0 Å². The summed E-state index contributed by atoms with van der Waals surface area (Å²) < 4.78 is 0. The molecule has 0 aromatic carbocycles. The Hall–Kier alpha value is -1.40. The van der Waals surface area contributed by atoms with Crippen LogP contribution in [0.15, 0.2) is 17.5 Å². The lowest BCUT2D eigenvalue weighted by Crippen LogP contribution is -2.42. The normalized spacial score (nSPS) is 11.9. The summed E-state index contributed by atoms with van der Waals surface area (Å²) in [5.41, 5.74) is 5.78. The molecule has 1 unspecified atom stereocenters. The lowest BCUT2D eigenvalue weighted by Gasteiger charge is -2.19. The molecular weight excluding hydrogens is 250 g/mol. The number of carbonyl (C=O) groups excluding carboxylic acids is 2. The lowest BCUT2D eigenvalue weighted by atomic mass is 10.2. The van der Waals surface area contributed by atoms with E-state index in [1.807, 2.05) is 25.3 Å². The van der Waals surface area contributed by atoms with Gasteiger partial charge in [0, 0.05) is 18.0 Å². The summed E-state index contributed by atoms with van der Waals surface area (Å²) in [5.74, 6) is -0.412. The van der Waals surface area contributed by atoms with Gasteiger partial charge in [-0.2, -0.15) is 0 Å². The number of rotatable bonds is 6. The Morgan fingerprint density at radius 3 is 2.61 bits per heavy atom. The maximum Gasteiger partial charge on any atom is 0.242 e. The number of carbonyl (C=O) groups is 2.